The molecule has 0 atom stereocenters. The van der Waals surface area contributed by atoms with E-state index in [1.54, 1.807) is 0 Å². The number of rotatable bonds is 5. The van der Waals surface area contributed by atoms with Crippen molar-refractivity contribution in [3.63, 3.8) is 0 Å². The third-order valence-electron chi connectivity index (χ3n) is 4.89. The Labute approximate surface area is 172 Å². The summed E-state index contributed by atoms with van der Waals surface area (Å²) in [6.45, 7) is 0.892. The first kappa shape index (κ1) is 20.0. The van der Waals surface area contributed by atoms with Crippen molar-refractivity contribution in [3.8, 4) is 11.4 Å². The second-order valence-corrected chi connectivity index (χ2v) is 8.81. The number of hydrogen-bond donors (Lipinski definition) is 2. The van der Waals surface area contributed by atoms with Crippen LogP contribution in [0.3, 0.4) is 0 Å². The molecule has 1 aliphatic rings. The zero-order valence-electron chi connectivity index (χ0n) is 15.8. The summed E-state index contributed by atoms with van der Waals surface area (Å²) in [5, 5.41) is 12.7. The number of aromatic nitrogens is 2. The van der Waals surface area contributed by atoms with Crippen molar-refractivity contribution in [3.05, 3.63) is 66.5 Å². The zero-order chi connectivity index (χ0) is 21.3. The number of anilines is 1. The summed E-state index contributed by atoms with van der Waals surface area (Å²) in [5.74, 6) is -1.29. The summed E-state index contributed by atoms with van der Waals surface area (Å²) in [7, 11) is -3.70. The number of benzene rings is 2. The number of nitrogens with zero attached hydrogens (tertiary/aromatic N) is 3. The van der Waals surface area contributed by atoms with E-state index >= 15 is 0 Å². The molecule has 1 fully saturated rings. The smallest absolute Gasteiger partial charge is 0.274 e. The summed E-state index contributed by atoms with van der Waals surface area (Å²) in [6, 6.07) is 9.28. The van der Waals surface area contributed by atoms with Crippen molar-refractivity contribution >= 4 is 21.6 Å². The summed E-state index contributed by atoms with van der Waals surface area (Å²) in [4.78, 5) is 16.7. The molecule has 2 N–H and O–H groups in total. The van der Waals surface area contributed by atoms with Crippen LogP contribution in [0.1, 0.15) is 23.3 Å². The third kappa shape index (κ3) is 3.79. The Kier molecular flexibility index (Phi) is 5.27. The Morgan fingerprint density at radius 2 is 1.80 bits per heavy atom. The SMILES string of the molecule is O=C(Nc1cc(S(=O)(=O)N2CCCC2)ccc1O)c1cncn1-c1ccc(F)cc1. The number of phenolic OH excluding ortho intramolecular Hbond substituents is 1. The Balaban J connectivity index is 1.62. The Hall–Kier alpha value is -3.24. The number of imidazole rings is 1. The minimum absolute atomic E-state index is 0.00968. The molecule has 0 radical (unpaired) electrons. The monoisotopic (exact) mass is 430 g/mol. The molecular formula is C20H19FN4O4S. The summed E-state index contributed by atoms with van der Waals surface area (Å²) in [6.07, 6.45) is 4.32. The summed E-state index contributed by atoms with van der Waals surface area (Å²) in [5.41, 5.74) is 0.620. The molecule has 0 spiro atoms. The van der Waals surface area contributed by atoms with Gasteiger partial charge in [-0.3, -0.25) is 9.36 Å². The van der Waals surface area contributed by atoms with Crippen LogP contribution in [0.25, 0.3) is 5.69 Å². The Morgan fingerprint density at radius 3 is 2.50 bits per heavy atom. The van der Waals surface area contributed by atoms with Gasteiger partial charge in [0.2, 0.25) is 10.0 Å². The van der Waals surface area contributed by atoms with Crippen LogP contribution in [-0.2, 0) is 10.0 Å². The van der Waals surface area contributed by atoms with Crippen molar-refractivity contribution in [1.29, 1.82) is 0 Å². The summed E-state index contributed by atoms with van der Waals surface area (Å²) < 4.78 is 41.6. The van der Waals surface area contributed by atoms with Gasteiger partial charge in [-0.15, -0.1) is 0 Å². The van der Waals surface area contributed by atoms with Crippen LogP contribution in [-0.4, -0.2) is 46.4 Å². The first-order valence-electron chi connectivity index (χ1n) is 9.29. The first-order valence-corrected chi connectivity index (χ1v) is 10.7. The number of phenols is 1. The van der Waals surface area contributed by atoms with Crippen LogP contribution in [0.2, 0.25) is 0 Å². The van der Waals surface area contributed by atoms with Gasteiger partial charge in [0.25, 0.3) is 5.91 Å². The van der Waals surface area contributed by atoms with Gasteiger partial charge < -0.3 is 10.4 Å². The predicted molar refractivity (Wildman–Crippen MR) is 108 cm³/mol. The fraction of sp³-hybridized carbons (Fsp3) is 0.200. The number of nitrogens with one attached hydrogen (secondary N) is 1. The van der Waals surface area contributed by atoms with Crippen molar-refractivity contribution < 1.29 is 22.7 Å². The third-order valence-corrected chi connectivity index (χ3v) is 6.79. The van der Waals surface area contributed by atoms with E-state index in [0.717, 1.165) is 12.8 Å². The highest BCUT2D eigenvalue weighted by Crippen LogP contribution is 2.29. The van der Waals surface area contributed by atoms with E-state index in [2.05, 4.69) is 10.3 Å². The van der Waals surface area contributed by atoms with Crippen LogP contribution in [0, 0.1) is 5.82 Å². The maximum absolute atomic E-state index is 13.2. The minimum Gasteiger partial charge on any atom is -0.506 e. The molecule has 3 aromatic rings. The van der Waals surface area contributed by atoms with E-state index in [0.29, 0.717) is 18.8 Å². The van der Waals surface area contributed by atoms with Crippen molar-refractivity contribution in [1.82, 2.24) is 13.9 Å². The lowest BCUT2D eigenvalue weighted by Crippen LogP contribution is -2.28. The van der Waals surface area contributed by atoms with E-state index in [1.807, 2.05) is 0 Å². The quantitative estimate of drug-likeness (QED) is 0.606. The number of hydrogen-bond acceptors (Lipinski definition) is 5. The standard InChI is InChI=1S/C20H19FN4O4S/c21-14-3-5-15(6-4-14)25-13-22-12-18(25)20(27)23-17-11-16(7-8-19(17)26)30(28,29)24-9-1-2-10-24/h3-8,11-13,26H,1-2,9-10H2,(H,23,27). The highest BCUT2D eigenvalue weighted by Gasteiger charge is 2.28. The number of amides is 1. The number of carbonyl (C=O) groups excluding carboxylic acids is 1. The average Bonchev–Trinajstić information content (AvgIpc) is 3.42. The molecule has 1 amide bonds. The molecule has 0 aliphatic carbocycles. The molecule has 30 heavy (non-hydrogen) atoms. The molecule has 10 heteroatoms. The van der Waals surface area contributed by atoms with Gasteiger partial charge in [-0.2, -0.15) is 4.31 Å². The molecule has 1 aromatic heterocycles. The molecule has 1 saturated heterocycles. The van der Waals surface area contributed by atoms with Gasteiger partial charge in [0, 0.05) is 18.8 Å². The van der Waals surface area contributed by atoms with Gasteiger partial charge in [0.1, 0.15) is 17.3 Å². The van der Waals surface area contributed by atoms with Crippen LogP contribution < -0.4 is 5.32 Å². The van der Waals surface area contributed by atoms with E-state index < -0.39 is 21.7 Å². The highest BCUT2D eigenvalue weighted by molar-refractivity contribution is 7.89. The predicted octanol–water partition coefficient (Wildman–Crippen LogP) is 2.75. The van der Waals surface area contributed by atoms with Gasteiger partial charge in [-0.1, -0.05) is 0 Å². The molecule has 0 unspecified atom stereocenters. The normalized spacial score (nSPS) is 14.7. The molecule has 156 valence electrons. The lowest BCUT2D eigenvalue weighted by Gasteiger charge is -2.17. The molecular weight excluding hydrogens is 411 g/mol. The van der Waals surface area contributed by atoms with Gasteiger partial charge in [0.15, 0.2) is 0 Å². The van der Waals surface area contributed by atoms with Gasteiger partial charge in [-0.25, -0.2) is 17.8 Å². The fourth-order valence-corrected chi connectivity index (χ4v) is 4.85. The van der Waals surface area contributed by atoms with E-state index in [-0.39, 0.29) is 22.0 Å². The molecule has 0 saturated carbocycles. The molecule has 2 heterocycles. The maximum Gasteiger partial charge on any atom is 0.274 e. The second-order valence-electron chi connectivity index (χ2n) is 6.87. The molecule has 2 aromatic carbocycles. The Bertz CT molecular complexity index is 1190. The molecule has 4 rings (SSSR count). The molecule has 1 aliphatic heterocycles. The van der Waals surface area contributed by atoms with Crippen LogP contribution in [0.4, 0.5) is 10.1 Å². The lowest BCUT2D eigenvalue weighted by molar-refractivity contribution is 0.102. The number of carbonyl (C=O) groups is 1. The number of halogens is 1. The molecule has 8 nitrogen and oxygen atoms in total. The van der Waals surface area contributed by atoms with E-state index in [4.69, 9.17) is 0 Å². The molecule has 0 bridgehead atoms. The number of sulfonamides is 1. The zero-order valence-corrected chi connectivity index (χ0v) is 16.6. The second kappa shape index (κ2) is 7.88. The van der Waals surface area contributed by atoms with Gasteiger partial charge in [0.05, 0.1) is 23.1 Å². The largest absolute Gasteiger partial charge is 0.506 e. The fourth-order valence-electron chi connectivity index (χ4n) is 3.31. The van der Waals surface area contributed by atoms with Crippen LogP contribution >= 0.6 is 0 Å². The Morgan fingerprint density at radius 1 is 1.10 bits per heavy atom. The first-order chi connectivity index (χ1) is 14.4. The minimum atomic E-state index is -3.70. The van der Waals surface area contributed by atoms with Crippen LogP contribution in [0.15, 0.2) is 59.9 Å². The topological polar surface area (TPSA) is 105 Å². The van der Waals surface area contributed by atoms with Crippen molar-refractivity contribution in [2.45, 2.75) is 17.7 Å². The maximum atomic E-state index is 13.2. The van der Waals surface area contributed by atoms with E-state index in [1.165, 1.54) is 63.9 Å². The van der Waals surface area contributed by atoms with Crippen molar-refractivity contribution in [2.75, 3.05) is 18.4 Å². The lowest BCUT2D eigenvalue weighted by atomic mass is 10.2. The highest BCUT2D eigenvalue weighted by atomic mass is 32.2. The van der Waals surface area contributed by atoms with Gasteiger partial charge in [-0.05, 0) is 55.3 Å². The van der Waals surface area contributed by atoms with Gasteiger partial charge >= 0.3 is 0 Å². The van der Waals surface area contributed by atoms with Crippen LogP contribution in [0.5, 0.6) is 5.75 Å². The summed E-state index contributed by atoms with van der Waals surface area (Å²) >= 11 is 0. The number of aromatic hydroxyl groups is 1. The van der Waals surface area contributed by atoms with Crippen molar-refractivity contribution in [2.24, 2.45) is 0 Å². The van der Waals surface area contributed by atoms with E-state index in [9.17, 15) is 22.7 Å². The average molecular weight is 430 g/mol.